The number of halogens is 6. The first-order chi connectivity index (χ1) is 21.1. The highest BCUT2D eigenvalue weighted by atomic mass is 19.4. The molecule has 0 fully saturated rings. The highest BCUT2D eigenvalue weighted by molar-refractivity contribution is 5.77. The summed E-state index contributed by atoms with van der Waals surface area (Å²) in [7, 11) is 4.41. The summed E-state index contributed by atoms with van der Waals surface area (Å²) in [5, 5.41) is 9.78. The summed E-state index contributed by atoms with van der Waals surface area (Å²) < 4.78 is 98.8. The van der Waals surface area contributed by atoms with E-state index in [1.54, 1.807) is 12.1 Å². The van der Waals surface area contributed by atoms with Crippen molar-refractivity contribution in [1.29, 1.82) is 0 Å². The molecule has 1 aromatic heterocycles. The first-order valence-electron chi connectivity index (χ1n) is 13.6. The maximum atomic E-state index is 13.7. The molecule has 0 radical (unpaired) electrons. The molecule has 4 rings (SSSR count). The molecule has 7 nitrogen and oxygen atoms in total. The minimum absolute atomic E-state index is 0.0533. The van der Waals surface area contributed by atoms with E-state index in [9.17, 15) is 31.4 Å². The highest BCUT2D eigenvalue weighted by Crippen LogP contribution is 2.42. The van der Waals surface area contributed by atoms with Crippen LogP contribution in [0.5, 0.6) is 23.0 Å². The number of ether oxygens (including phenoxy) is 3. The average molecular weight is 636 g/mol. The van der Waals surface area contributed by atoms with Gasteiger partial charge in [-0.15, -0.1) is 0 Å². The second-order valence-corrected chi connectivity index (χ2v) is 10.5. The van der Waals surface area contributed by atoms with E-state index < -0.39 is 30.0 Å². The van der Waals surface area contributed by atoms with Gasteiger partial charge in [-0.05, 0) is 70.6 Å². The Kier molecular flexibility index (Phi) is 9.69. The Hall–Kier alpha value is -4.68. The zero-order valence-electron chi connectivity index (χ0n) is 25.0. The number of nitrogens with zero attached hydrogens (tertiary/aromatic N) is 3. The van der Waals surface area contributed by atoms with Crippen LogP contribution in [0.2, 0.25) is 0 Å². The number of methoxy groups -OCH3 is 3. The zero-order valence-corrected chi connectivity index (χ0v) is 25.0. The van der Waals surface area contributed by atoms with E-state index in [0.29, 0.717) is 46.1 Å². The van der Waals surface area contributed by atoms with Crippen LogP contribution in [0.4, 0.5) is 32.3 Å². The van der Waals surface area contributed by atoms with Gasteiger partial charge in [0, 0.05) is 18.7 Å². The number of aromatic hydroxyl groups is 1. The standard InChI is InChI=1S/C32H31F6N3O4/c1-18(2)20-6-7-27(43-3)26(10-20)25-13-29(45-5)28(44-4)11-21(25)17-41(30-39-14-24(42)15-40-30)16-19-8-22(31(33,34)35)12-23(9-19)32(36,37)38/h6-15,18,42H,16-17H2,1-5H3. The largest absolute Gasteiger partial charge is 0.505 e. The quantitative estimate of drug-likeness (QED) is 0.176. The molecule has 3 aromatic carbocycles. The van der Waals surface area contributed by atoms with Crippen LogP contribution in [-0.2, 0) is 25.4 Å². The molecule has 13 heteroatoms. The Bertz CT molecular complexity index is 1610. The fourth-order valence-electron chi connectivity index (χ4n) is 4.81. The maximum Gasteiger partial charge on any atom is 0.416 e. The number of hydrogen-bond acceptors (Lipinski definition) is 7. The lowest BCUT2D eigenvalue weighted by Gasteiger charge is -2.26. The first kappa shape index (κ1) is 33.2. The summed E-state index contributed by atoms with van der Waals surface area (Å²) >= 11 is 0. The summed E-state index contributed by atoms with van der Waals surface area (Å²) in [6.45, 7) is 3.49. The van der Waals surface area contributed by atoms with Gasteiger partial charge < -0.3 is 24.2 Å². The second-order valence-electron chi connectivity index (χ2n) is 10.5. The van der Waals surface area contributed by atoms with Crippen LogP contribution in [0, 0.1) is 0 Å². The van der Waals surface area contributed by atoms with Gasteiger partial charge in [0.1, 0.15) is 5.75 Å². The average Bonchev–Trinajstić information content (AvgIpc) is 2.99. The minimum atomic E-state index is -5.02. The van der Waals surface area contributed by atoms with Crippen molar-refractivity contribution in [3.8, 4) is 34.1 Å². The minimum Gasteiger partial charge on any atom is -0.505 e. The molecule has 1 heterocycles. The smallest absolute Gasteiger partial charge is 0.416 e. The molecular weight excluding hydrogens is 604 g/mol. The molecule has 0 spiro atoms. The molecule has 0 unspecified atom stereocenters. The normalized spacial score (nSPS) is 11.9. The van der Waals surface area contributed by atoms with E-state index in [0.717, 1.165) is 18.0 Å². The monoisotopic (exact) mass is 635 g/mol. The molecule has 0 atom stereocenters. The molecule has 0 saturated heterocycles. The van der Waals surface area contributed by atoms with E-state index in [2.05, 4.69) is 9.97 Å². The van der Waals surface area contributed by atoms with Crippen LogP contribution in [0.1, 0.15) is 47.6 Å². The highest BCUT2D eigenvalue weighted by Gasteiger charge is 2.37. The summed E-state index contributed by atoms with van der Waals surface area (Å²) in [5.74, 6) is 1.06. The third-order valence-corrected chi connectivity index (χ3v) is 7.08. The maximum absolute atomic E-state index is 13.7. The lowest BCUT2D eigenvalue weighted by atomic mass is 9.93. The van der Waals surface area contributed by atoms with Crippen LogP contribution in [0.3, 0.4) is 0 Å². The predicted molar refractivity (Wildman–Crippen MR) is 156 cm³/mol. The van der Waals surface area contributed by atoms with Crippen molar-refractivity contribution in [2.24, 2.45) is 0 Å². The van der Waals surface area contributed by atoms with E-state index in [-0.39, 0.29) is 35.8 Å². The van der Waals surface area contributed by atoms with Crippen molar-refractivity contribution in [1.82, 2.24) is 9.97 Å². The van der Waals surface area contributed by atoms with Crippen LogP contribution in [-0.4, -0.2) is 36.4 Å². The molecule has 0 aliphatic carbocycles. The molecule has 1 N–H and O–H groups in total. The molecule has 45 heavy (non-hydrogen) atoms. The van der Waals surface area contributed by atoms with Gasteiger partial charge in [-0.2, -0.15) is 26.3 Å². The van der Waals surface area contributed by atoms with Gasteiger partial charge in [0.25, 0.3) is 0 Å². The lowest BCUT2D eigenvalue weighted by molar-refractivity contribution is -0.143. The van der Waals surface area contributed by atoms with Crippen molar-refractivity contribution < 1.29 is 45.7 Å². The van der Waals surface area contributed by atoms with Crippen LogP contribution in [0.15, 0.2) is 60.9 Å². The van der Waals surface area contributed by atoms with Gasteiger partial charge >= 0.3 is 12.4 Å². The molecule has 0 amide bonds. The van der Waals surface area contributed by atoms with Crippen LogP contribution >= 0.6 is 0 Å². The topological polar surface area (TPSA) is 76.9 Å². The van der Waals surface area contributed by atoms with Crippen LogP contribution < -0.4 is 19.1 Å². The number of alkyl halides is 6. The van der Waals surface area contributed by atoms with Crippen molar-refractivity contribution in [2.45, 2.75) is 45.2 Å². The molecule has 0 aliphatic heterocycles. The third kappa shape index (κ3) is 7.70. The lowest BCUT2D eigenvalue weighted by Crippen LogP contribution is -2.25. The molecular formula is C32H31F6N3O4. The Balaban J connectivity index is 1.92. The van der Waals surface area contributed by atoms with Crippen molar-refractivity contribution >= 4 is 5.95 Å². The van der Waals surface area contributed by atoms with Gasteiger partial charge in [0.2, 0.25) is 5.95 Å². The Labute approximate surface area is 256 Å². The van der Waals surface area contributed by atoms with Crippen molar-refractivity contribution in [3.63, 3.8) is 0 Å². The van der Waals surface area contributed by atoms with Crippen molar-refractivity contribution in [2.75, 3.05) is 26.2 Å². The second kappa shape index (κ2) is 13.1. The van der Waals surface area contributed by atoms with Gasteiger partial charge in [-0.1, -0.05) is 19.9 Å². The molecule has 0 aliphatic rings. The third-order valence-electron chi connectivity index (χ3n) is 7.08. The number of hydrogen-bond donors (Lipinski definition) is 1. The van der Waals surface area contributed by atoms with Gasteiger partial charge in [0.15, 0.2) is 17.2 Å². The van der Waals surface area contributed by atoms with E-state index >= 15 is 0 Å². The summed E-state index contributed by atoms with van der Waals surface area (Å²) in [6.07, 6.45) is -7.89. The van der Waals surface area contributed by atoms with E-state index in [1.807, 2.05) is 32.0 Å². The van der Waals surface area contributed by atoms with Gasteiger partial charge in [-0.3, -0.25) is 0 Å². The molecule has 0 bridgehead atoms. The predicted octanol–water partition coefficient (Wildman–Crippen LogP) is 8.24. The number of rotatable bonds is 10. The Morgan fingerprint density at radius 1 is 0.711 bits per heavy atom. The summed E-state index contributed by atoms with van der Waals surface area (Å²) in [5.41, 5.74) is -0.349. The Morgan fingerprint density at radius 3 is 1.78 bits per heavy atom. The first-order valence-corrected chi connectivity index (χ1v) is 13.6. The fourth-order valence-corrected chi connectivity index (χ4v) is 4.81. The van der Waals surface area contributed by atoms with Crippen molar-refractivity contribution in [3.05, 3.63) is 88.7 Å². The summed E-state index contributed by atoms with van der Waals surface area (Å²) in [4.78, 5) is 9.61. The zero-order chi connectivity index (χ0) is 33.1. The van der Waals surface area contributed by atoms with Gasteiger partial charge in [-0.25, -0.2) is 9.97 Å². The molecule has 0 saturated carbocycles. The number of benzene rings is 3. The Morgan fingerprint density at radius 2 is 1.27 bits per heavy atom. The van der Waals surface area contributed by atoms with Gasteiger partial charge in [0.05, 0.1) is 44.8 Å². The summed E-state index contributed by atoms with van der Waals surface area (Å²) in [6, 6.07) is 10.5. The number of anilines is 1. The SMILES string of the molecule is COc1cc(CN(Cc2cc(C(F)(F)F)cc(C(F)(F)F)c2)c2ncc(O)cn2)c(-c2cc(C(C)C)ccc2OC)cc1OC. The van der Waals surface area contributed by atoms with Crippen LogP contribution in [0.25, 0.3) is 11.1 Å². The van der Waals surface area contributed by atoms with E-state index in [4.69, 9.17) is 14.2 Å². The number of aromatic nitrogens is 2. The van der Waals surface area contributed by atoms with E-state index in [1.165, 1.54) is 26.2 Å². The molecule has 4 aromatic rings. The fraction of sp³-hybridized carbons (Fsp3) is 0.312. The molecule has 240 valence electrons.